The Balaban J connectivity index is 1.17. The molecule has 2 aliphatic rings. The molecule has 0 radical (unpaired) electrons. The van der Waals surface area contributed by atoms with Gasteiger partial charge in [0.1, 0.15) is 11.5 Å². The van der Waals surface area contributed by atoms with Gasteiger partial charge in [-0.1, -0.05) is 152 Å². The van der Waals surface area contributed by atoms with Gasteiger partial charge in [0.25, 0.3) is 0 Å². The molecule has 58 heavy (non-hydrogen) atoms. The van der Waals surface area contributed by atoms with Crippen molar-refractivity contribution < 1.29 is 4.74 Å². The van der Waals surface area contributed by atoms with E-state index in [-0.39, 0.29) is 0 Å². The quantitative estimate of drug-likeness (QED) is 0.176. The van der Waals surface area contributed by atoms with Gasteiger partial charge in [0, 0.05) is 27.8 Å². The molecule has 1 spiro atoms. The van der Waals surface area contributed by atoms with Gasteiger partial charge in [-0.3, -0.25) is 0 Å². The van der Waals surface area contributed by atoms with Crippen molar-refractivity contribution in [2.45, 2.75) is 5.41 Å². The number of fused-ring (bicyclic) bond motifs is 9. The molecule has 270 valence electrons. The minimum Gasteiger partial charge on any atom is -0.457 e. The fourth-order valence-corrected chi connectivity index (χ4v) is 8.88. The van der Waals surface area contributed by atoms with Crippen LogP contribution in [0, 0.1) is 11.3 Å². The second-order valence-corrected chi connectivity index (χ2v) is 14.6. The van der Waals surface area contributed by atoms with Crippen LogP contribution in [-0.2, 0) is 5.41 Å². The lowest BCUT2D eigenvalue weighted by atomic mass is 9.66. The van der Waals surface area contributed by atoms with E-state index in [2.05, 4.69) is 109 Å². The van der Waals surface area contributed by atoms with Gasteiger partial charge in [-0.05, 0) is 87.0 Å². The largest absolute Gasteiger partial charge is 0.457 e. The summed E-state index contributed by atoms with van der Waals surface area (Å²) in [6, 6.07) is 69.0. The lowest BCUT2D eigenvalue weighted by Crippen LogP contribution is -2.32. The molecular weight excluding hydrogens is 709 g/mol. The van der Waals surface area contributed by atoms with Crippen LogP contribution in [0.1, 0.15) is 27.8 Å². The van der Waals surface area contributed by atoms with Crippen LogP contribution in [0.5, 0.6) is 11.5 Å². The molecule has 8 aromatic carbocycles. The minimum absolute atomic E-state index is 0.538. The van der Waals surface area contributed by atoms with Crippen molar-refractivity contribution in [2.24, 2.45) is 0 Å². The van der Waals surface area contributed by atoms with Crippen molar-refractivity contribution in [3.05, 3.63) is 222 Å². The predicted octanol–water partition coefficient (Wildman–Crippen LogP) is 12.5. The van der Waals surface area contributed by atoms with Crippen LogP contribution in [0.2, 0.25) is 0 Å². The van der Waals surface area contributed by atoms with E-state index in [0.717, 1.165) is 61.6 Å². The van der Waals surface area contributed by atoms with E-state index in [1.165, 1.54) is 22.3 Å². The van der Waals surface area contributed by atoms with Crippen LogP contribution < -0.4 is 4.74 Å². The van der Waals surface area contributed by atoms with E-state index in [9.17, 15) is 5.26 Å². The van der Waals surface area contributed by atoms with Gasteiger partial charge in [-0.25, -0.2) is 15.0 Å². The normalized spacial score (nSPS) is 12.7. The zero-order chi connectivity index (χ0) is 38.6. The molecule has 0 amide bonds. The molecule has 0 fully saturated rings. The number of aromatic nitrogens is 3. The number of nitrogens with zero attached hydrogens (tertiary/aromatic N) is 4. The predicted molar refractivity (Wildman–Crippen MR) is 229 cm³/mol. The Morgan fingerprint density at radius 3 is 1.48 bits per heavy atom. The number of nitriles is 1. The van der Waals surface area contributed by atoms with E-state index >= 15 is 0 Å². The van der Waals surface area contributed by atoms with E-state index < -0.39 is 5.41 Å². The number of hydrogen-bond donors (Lipinski definition) is 0. The highest BCUT2D eigenvalue weighted by Gasteiger charge is 2.51. The maximum atomic E-state index is 10.3. The van der Waals surface area contributed by atoms with Crippen LogP contribution in [0.25, 0.3) is 67.5 Å². The first-order valence-corrected chi connectivity index (χ1v) is 19.3. The Bertz CT molecular complexity index is 3010. The van der Waals surface area contributed by atoms with E-state index in [1.807, 2.05) is 91.0 Å². The molecular formula is C53H32N4O. The van der Waals surface area contributed by atoms with Crippen molar-refractivity contribution in [1.82, 2.24) is 15.0 Å². The van der Waals surface area contributed by atoms with Crippen molar-refractivity contribution in [1.29, 1.82) is 5.26 Å². The average Bonchev–Trinajstić information content (AvgIpc) is 3.60. The maximum Gasteiger partial charge on any atom is 0.164 e. The average molecular weight is 741 g/mol. The molecule has 11 rings (SSSR count). The molecule has 5 heteroatoms. The lowest BCUT2D eigenvalue weighted by Gasteiger charge is -2.39. The number of benzene rings is 8. The third-order valence-electron chi connectivity index (χ3n) is 11.4. The maximum absolute atomic E-state index is 10.3. The molecule has 0 saturated carbocycles. The van der Waals surface area contributed by atoms with E-state index in [4.69, 9.17) is 19.7 Å². The standard InChI is InChI=1S/C53H32N4O/c54-33-37-19-7-8-20-41(37)39-29-38(30-40(31-39)52-56-50(34-15-3-1-4-16-34)55-51(57-52)35-17-5-2-6-18-35)36-27-28-49-47(32-36)53(46-25-13-14-26-48(46)58-49)44-23-11-9-21-42(44)43-22-10-12-24-45(43)53/h1-32H. The van der Waals surface area contributed by atoms with Crippen LogP contribution in [-0.4, -0.2) is 15.0 Å². The minimum atomic E-state index is -0.607. The van der Waals surface area contributed by atoms with Crippen LogP contribution in [0.4, 0.5) is 0 Å². The van der Waals surface area contributed by atoms with Gasteiger partial charge in [0.2, 0.25) is 0 Å². The lowest BCUT2D eigenvalue weighted by molar-refractivity contribution is 0.436. The third-order valence-corrected chi connectivity index (χ3v) is 11.4. The zero-order valence-corrected chi connectivity index (χ0v) is 31.2. The fraction of sp³-hybridized carbons (Fsp3) is 0.0189. The third kappa shape index (κ3) is 5.20. The summed E-state index contributed by atoms with van der Waals surface area (Å²) in [6.07, 6.45) is 0. The summed E-state index contributed by atoms with van der Waals surface area (Å²) >= 11 is 0. The molecule has 1 aromatic heterocycles. The van der Waals surface area contributed by atoms with Gasteiger partial charge in [0.05, 0.1) is 17.0 Å². The van der Waals surface area contributed by atoms with Crippen LogP contribution in [0.3, 0.4) is 0 Å². The Morgan fingerprint density at radius 1 is 0.362 bits per heavy atom. The summed E-state index contributed by atoms with van der Waals surface area (Å²) in [7, 11) is 0. The molecule has 2 heterocycles. The SMILES string of the molecule is N#Cc1ccccc1-c1cc(-c2ccc3c(c2)C2(c4ccccc4O3)c3ccccc3-c3ccccc32)cc(-c2nc(-c3ccccc3)nc(-c3ccccc3)n2)c1. The number of ether oxygens (including phenoxy) is 1. The van der Waals surface area contributed by atoms with Crippen molar-refractivity contribution in [3.8, 4) is 85.1 Å². The summed E-state index contributed by atoms with van der Waals surface area (Å²) in [4.78, 5) is 15.2. The number of hydrogen-bond acceptors (Lipinski definition) is 5. The highest BCUT2D eigenvalue weighted by atomic mass is 16.5. The molecule has 0 unspecified atom stereocenters. The number of para-hydroxylation sites is 1. The van der Waals surface area contributed by atoms with Gasteiger partial charge < -0.3 is 4.74 Å². The first-order chi connectivity index (χ1) is 28.7. The molecule has 0 bridgehead atoms. The summed E-state index contributed by atoms with van der Waals surface area (Å²) in [5.74, 6) is 3.37. The van der Waals surface area contributed by atoms with Crippen LogP contribution in [0.15, 0.2) is 194 Å². The second kappa shape index (κ2) is 13.4. The van der Waals surface area contributed by atoms with Crippen LogP contribution >= 0.6 is 0 Å². The van der Waals surface area contributed by atoms with Gasteiger partial charge >= 0.3 is 0 Å². The Morgan fingerprint density at radius 2 is 0.845 bits per heavy atom. The molecule has 1 aliphatic heterocycles. The van der Waals surface area contributed by atoms with Crippen molar-refractivity contribution in [2.75, 3.05) is 0 Å². The first kappa shape index (κ1) is 33.4. The summed E-state index contributed by atoms with van der Waals surface area (Å²) in [5.41, 5.74) is 13.4. The zero-order valence-electron chi connectivity index (χ0n) is 31.2. The Kier molecular flexibility index (Phi) is 7.70. The summed E-state index contributed by atoms with van der Waals surface area (Å²) in [6.45, 7) is 0. The Labute approximate surface area is 336 Å². The molecule has 5 nitrogen and oxygen atoms in total. The van der Waals surface area contributed by atoms with Gasteiger partial charge in [-0.2, -0.15) is 5.26 Å². The van der Waals surface area contributed by atoms with Gasteiger partial charge in [-0.15, -0.1) is 0 Å². The number of rotatable bonds is 5. The monoisotopic (exact) mass is 740 g/mol. The summed E-state index contributed by atoms with van der Waals surface area (Å²) < 4.78 is 6.75. The molecule has 9 aromatic rings. The highest BCUT2D eigenvalue weighted by molar-refractivity contribution is 5.90. The second-order valence-electron chi connectivity index (χ2n) is 14.6. The molecule has 0 saturated heterocycles. The molecule has 0 N–H and O–H groups in total. The molecule has 1 aliphatic carbocycles. The van der Waals surface area contributed by atoms with E-state index in [0.29, 0.717) is 23.0 Å². The Hall–Kier alpha value is -7.94. The van der Waals surface area contributed by atoms with Gasteiger partial charge in [0.15, 0.2) is 17.5 Å². The highest BCUT2D eigenvalue weighted by Crippen LogP contribution is 2.62. The smallest absolute Gasteiger partial charge is 0.164 e. The van der Waals surface area contributed by atoms with E-state index in [1.54, 1.807) is 0 Å². The molecule has 0 atom stereocenters. The summed E-state index contributed by atoms with van der Waals surface area (Å²) in [5, 5.41) is 10.3. The fourth-order valence-electron chi connectivity index (χ4n) is 8.88. The van der Waals surface area contributed by atoms with Crippen molar-refractivity contribution in [3.63, 3.8) is 0 Å². The first-order valence-electron chi connectivity index (χ1n) is 19.3. The topological polar surface area (TPSA) is 71.7 Å². The van der Waals surface area contributed by atoms with Crippen molar-refractivity contribution >= 4 is 0 Å².